The number of hydrogen-bond acceptors (Lipinski definition) is 4. The highest BCUT2D eigenvalue weighted by molar-refractivity contribution is 6.04. The molecule has 0 fully saturated rings. The lowest BCUT2D eigenvalue weighted by Crippen LogP contribution is -1.90. The summed E-state index contributed by atoms with van der Waals surface area (Å²) in [5, 5.41) is 17.9. The van der Waals surface area contributed by atoms with Gasteiger partial charge in [0.2, 0.25) is 5.78 Å². The second kappa shape index (κ2) is 5.33. The molecule has 92 valence electrons. The number of allylic oxidation sites excluding steroid dienone is 1. The van der Waals surface area contributed by atoms with Crippen LogP contribution in [0.15, 0.2) is 46.9 Å². The maximum atomic E-state index is 11.7. The second-order valence-electron chi connectivity index (χ2n) is 3.71. The van der Waals surface area contributed by atoms with Crippen molar-refractivity contribution in [2.75, 3.05) is 0 Å². The van der Waals surface area contributed by atoms with E-state index < -0.39 is 0 Å². The van der Waals surface area contributed by atoms with Crippen molar-refractivity contribution in [3.63, 3.8) is 0 Å². The lowest BCUT2D eigenvalue weighted by atomic mass is 10.2. The number of ketones is 1. The van der Waals surface area contributed by atoms with Gasteiger partial charge in [0.05, 0.1) is 0 Å². The molecular weight excluding hydrogens is 232 g/mol. The normalized spacial score (nSPS) is 10.9. The number of phenols is 1. The van der Waals surface area contributed by atoms with Gasteiger partial charge in [-0.05, 0) is 35.9 Å². The van der Waals surface area contributed by atoms with Gasteiger partial charge >= 0.3 is 0 Å². The Balaban J connectivity index is 2.09. The van der Waals surface area contributed by atoms with Gasteiger partial charge in [-0.1, -0.05) is 18.2 Å². The summed E-state index contributed by atoms with van der Waals surface area (Å²) in [5.41, 5.74) is 0.801. The molecule has 1 aromatic carbocycles. The first-order chi connectivity index (χ1) is 8.69. The van der Waals surface area contributed by atoms with Crippen molar-refractivity contribution in [2.45, 2.75) is 6.61 Å². The molecule has 1 heterocycles. The van der Waals surface area contributed by atoms with Crippen LogP contribution in [0.4, 0.5) is 0 Å². The monoisotopic (exact) mass is 244 g/mol. The van der Waals surface area contributed by atoms with E-state index in [2.05, 4.69) is 0 Å². The maximum Gasteiger partial charge on any atom is 0.221 e. The summed E-state index contributed by atoms with van der Waals surface area (Å²) in [6, 6.07) is 9.55. The molecule has 2 rings (SSSR count). The number of aliphatic hydroxyl groups excluding tert-OH is 1. The van der Waals surface area contributed by atoms with Crippen LogP contribution in [0.2, 0.25) is 0 Å². The highest BCUT2D eigenvalue weighted by Crippen LogP contribution is 2.13. The lowest BCUT2D eigenvalue weighted by Gasteiger charge is -1.94. The van der Waals surface area contributed by atoms with Crippen molar-refractivity contribution in [1.82, 2.24) is 0 Å². The van der Waals surface area contributed by atoms with Crippen LogP contribution in [0.3, 0.4) is 0 Å². The van der Waals surface area contributed by atoms with Crippen LogP contribution in [-0.4, -0.2) is 16.0 Å². The summed E-state index contributed by atoms with van der Waals surface area (Å²) in [5.74, 6) is 0.449. The van der Waals surface area contributed by atoms with Gasteiger partial charge in [-0.2, -0.15) is 0 Å². The molecule has 0 unspecified atom stereocenters. The smallest absolute Gasteiger partial charge is 0.221 e. The minimum Gasteiger partial charge on any atom is -0.508 e. The van der Waals surface area contributed by atoms with E-state index in [1.54, 1.807) is 36.4 Å². The van der Waals surface area contributed by atoms with Gasteiger partial charge in [-0.15, -0.1) is 0 Å². The number of benzene rings is 1. The molecule has 0 spiro atoms. The third-order valence-corrected chi connectivity index (χ3v) is 2.38. The van der Waals surface area contributed by atoms with Crippen LogP contribution < -0.4 is 0 Å². The van der Waals surface area contributed by atoms with E-state index in [9.17, 15) is 4.79 Å². The Hall–Kier alpha value is -2.33. The molecule has 18 heavy (non-hydrogen) atoms. The van der Waals surface area contributed by atoms with Crippen LogP contribution in [0.25, 0.3) is 6.08 Å². The van der Waals surface area contributed by atoms with E-state index in [1.165, 1.54) is 12.1 Å². The van der Waals surface area contributed by atoms with E-state index in [1.807, 2.05) is 0 Å². The number of carbonyl (C=O) groups excluding carboxylic acids is 1. The number of aromatic hydroxyl groups is 1. The van der Waals surface area contributed by atoms with Crippen molar-refractivity contribution >= 4 is 11.9 Å². The van der Waals surface area contributed by atoms with Gasteiger partial charge in [0.1, 0.15) is 18.1 Å². The molecule has 0 radical (unpaired) electrons. The highest BCUT2D eigenvalue weighted by atomic mass is 16.4. The van der Waals surface area contributed by atoms with Gasteiger partial charge < -0.3 is 14.6 Å². The SMILES string of the molecule is O=C(C=Cc1ccc(O)cc1)c1ccc(CO)o1. The number of carbonyl (C=O) groups is 1. The molecule has 0 aliphatic heterocycles. The third-order valence-electron chi connectivity index (χ3n) is 2.38. The van der Waals surface area contributed by atoms with Crippen LogP contribution in [-0.2, 0) is 6.61 Å². The standard InChI is InChI=1S/C14H12O4/c15-9-12-6-8-14(18-12)13(17)7-3-10-1-4-11(16)5-2-10/h1-8,15-16H,9H2. The summed E-state index contributed by atoms with van der Waals surface area (Å²) in [6.07, 6.45) is 3.01. The van der Waals surface area contributed by atoms with E-state index in [-0.39, 0.29) is 23.9 Å². The first kappa shape index (κ1) is 12.1. The summed E-state index contributed by atoms with van der Waals surface area (Å²) in [6.45, 7) is -0.227. The highest BCUT2D eigenvalue weighted by Gasteiger charge is 2.07. The van der Waals surface area contributed by atoms with Gasteiger partial charge in [0, 0.05) is 0 Å². The zero-order valence-electron chi connectivity index (χ0n) is 9.54. The lowest BCUT2D eigenvalue weighted by molar-refractivity contribution is 0.101. The fourth-order valence-corrected chi connectivity index (χ4v) is 1.43. The van der Waals surface area contributed by atoms with E-state index in [0.29, 0.717) is 5.76 Å². The van der Waals surface area contributed by atoms with Crippen LogP contribution >= 0.6 is 0 Å². The van der Waals surface area contributed by atoms with Crippen molar-refractivity contribution in [1.29, 1.82) is 0 Å². The summed E-state index contributed by atoms with van der Waals surface area (Å²) in [7, 11) is 0. The molecular formula is C14H12O4. The molecule has 4 nitrogen and oxygen atoms in total. The predicted molar refractivity (Wildman–Crippen MR) is 66.1 cm³/mol. The maximum absolute atomic E-state index is 11.7. The van der Waals surface area contributed by atoms with Crippen molar-refractivity contribution in [3.05, 3.63) is 59.6 Å². The van der Waals surface area contributed by atoms with E-state index in [0.717, 1.165) is 5.56 Å². The molecule has 0 aliphatic carbocycles. The van der Waals surface area contributed by atoms with Crippen molar-refractivity contribution in [2.24, 2.45) is 0 Å². The Labute approximate surface area is 104 Å². The number of hydrogen-bond donors (Lipinski definition) is 2. The molecule has 2 aromatic rings. The van der Waals surface area contributed by atoms with Crippen LogP contribution in [0, 0.1) is 0 Å². The largest absolute Gasteiger partial charge is 0.508 e. The number of furan rings is 1. The molecule has 4 heteroatoms. The second-order valence-corrected chi connectivity index (χ2v) is 3.71. The molecule has 0 saturated heterocycles. The minimum atomic E-state index is -0.275. The quantitative estimate of drug-likeness (QED) is 0.639. The summed E-state index contributed by atoms with van der Waals surface area (Å²) >= 11 is 0. The van der Waals surface area contributed by atoms with Crippen molar-refractivity contribution < 1.29 is 19.4 Å². The molecule has 0 amide bonds. The minimum absolute atomic E-state index is 0.178. The number of phenolic OH excluding ortho intramolecular Hbond substituents is 1. The van der Waals surface area contributed by atoms with Gasteiger partial charge in [0.25, 0.3) is 0 Å². The Morgan fingerprint density at radius 3 is 2.50 bits per heavy atom. The Bertz CT molecular complexity index is 564. The van der Waals surface area contributed by atoms with Gasteiger partial charge in [-0.25, -0.2) is 0 Å². The first-order valence-electron chi connectivity index (χ1n) is 5.40. The average Bonchev–Trinajstić information content (AvgIpc) is 2.86. The predicted octanol–water partition coefficient (Wildman–Crippen LogP) is 2.37. The van der Waals surface area contributed by atoms with Crippen LogP contribution in [0.1, 0.15) is 21.9 Å². The molecule has 0 saturated carbocycles. The molecule has 1 aromatic heterocycles. The fourth-order valence-electron chi connectivity index (χ4n) is 1.43. The Kier molecular flexibility index (Phi) is 3.60. The topological polar surface area (TPSA) is 70.7 Å². The average molecular weight is 244 g/mol. The van der Waals surface area contributed by atoms with E-state index in [4.69, 9.17) is 14.6 Å². The third kappa shape index (κ3) is 2.87. The Morgan fingerprint density at radius 1 is 1.17 bits per heavy atom. The summed E-state index contributed by atoms with van der Waals surface area (Å²) < 4.78 is 5.11. The zero-order valence-corrected chi connectivity index (χ0v) is 9.54. The molecule has 0 atom stereocenters. The zero-order chi connectivity index (χ0) is 13.0. The van der Waals surface area contributed by atoms with Crippen molar-refractivity contribution in [3.8, 4) is 5.75 Å². The summed E-state index contributed by atoms with van der Waals surface area (Å²) in [4.78, 5) is 11.7. The fraction of sp³-hybridized carbons (Fsp3) is 0.0714. The molecule has 2 N–H and O–H groups in total. The Morgan fingerprint density at radius 2 is 1.89 bits per heavy atom. The number of aliphatic hydroxyl groups is 1. The number of rotatable bonds is 4. The molecule has 0 bridgehead atoms. The van der Waals surface area contributed by atoms with Crippen LogP contribution in [0.5, 0.6) is 5.75 Å². The first-order valence-corrected chi connectivity index (χ1v) is 5.40. The molecule has 0 aliphatic rings. The van der Waals surface area contributed by atoms with Gasteiger partial charge in [-0.3, -0.25) is 4.79 Å². The van der Waals surface area contributed by atoms with Gasteiger partial charge in [0.15, 0.2) is 5.76 Å². The van der Waals surface area contributed by atoms with E-state index >= 15 is 0 Å².